The minimum Gasteiger partial charge on any atom is -0.550 e. The van der Waals surface area contributed by atoms with Crippen molar-refractivity contribution in [2.45, 2.75) is 71.6 Å². The smallest absolute Gasteiger partial charge is 0.0445 e. The number of carboxylic acids is 1. The van der Waals surface area contributed by atoms with Gasteiger partial charge in [-0.05, 0) is 18.8 Å². The van der Waals surface area contributed by atoms with Crippen LogP contribution in [0.4, 0.5) is 0 Å². The van der Waals surface area contributed by atoms with Gasteiger partial charge in [0.2, 0.25) is 0 Å². The number of hydrogen-bond acceptors (Lipinski definition) is 2. The summed E-state index contributed by atoms with van der Waals surface area (Å²) in [6.07, 6.45) is 9.85. The Morgan fingerprint density at radius 1 is 0.933 bits per heavy atom. The molecule has 1 unspecified atom stereocenters. The summed E-state index contributed by atoms with van der Waals surface area (Å²) in [6, 6.07) is 0. The van der Waals surface area contributed by atoms with E-state index in [1.807, 2.05) is 6.92 Å². The van der Waals surface area contributed by atoms with E-state index in [1.54, 1.807) is 0 Å². The molecule has 0 bridgehead atoms. The number of carbonyl (C=O) groups excluding carboxylic acids is 1. The van der Waals surface area contributed by atoms with Crippen molar-refractivity contribution >= 4 is 5.97 Å². The van der Waals surface area contributed by atoms with Gasteiger partial charge in [0.1, 0.15) is 0 Å². The first kappa shape index (κ1) is 14.5. The SMILES string of the molecule is CCCCCCCCC(CCC)C(=O)[O-]. The molecule has 0 saturated carbocycles. The molecule has 0 amide bonds. The van der Waals surface area contributed by atoms with Crippen molar-refractivity contribution in [3.63, 3.8) is 0 Å². The van der Waals surface area contributed by atoms with Crippen LogP contribution in [0.1, 0.15) is 71.6 Å². The van der Waals surface area contributed by atoms with Crippen molar-refractivity contribution in [1.29, 1.82) is 0 Å². The molecule has 90 valence electrons. The third-order valence-corrected chi connectivity index (χ3v) is 2.88. The average molecular weight is 213 g/mol. The molecule has 0 aromatic rings. The van der Waals surface area contributed by atoms with E-state index in [0.717, 1.165) is 25.7 Å². The van der Waals surface area contributed by atoms with Crippen molar-refractivity contribution in [2.24, 2.45) is 5.92 Å². The number of aliphatic carboxylic acids is 1. The predicted octanol–water partition coefficient (Wildman–Crippen LogP) is 2.90. The van der Waals surface area contributed by atoms with Gasteiger partial charge in [-0.25, -0.2) is 0 Å². The minimum atomic E-state index is -0.856. The van der Waals surface area contributed by atoms with Crippen molar-refractivity contribution in [3.05, 3.63) is 0 Å². The maximum atomic E-state index is 10.7. The maximum Gasteiger partial charge on any atom is 0.0445 e. The van der Waals surface area contributed by atoms with Gasteiger partial charge in [0, 0.05) is 5.97 Å². The van der Waals surface area contributed by atoms with E-state index >= 15 is 0 Å². The first-order chi connectivity index (χ1) is 7.22. The Labute approximate surface area is 94.1 Å². The largest absolute Gasteiger partial charge is 0.550 e. The van der Waals surface area contributed by atoms with E-state index in [0.29, 0.717) is 0 Å². The Hall–Kier alpha value is -0.530. The van der Waals surface area contributed by atoms with Gasteiger partial charge in [-0.15, -0.1) is 0 Å². The van der Waals surface area contributed by atoms with Gasteiger partial charge in [-0.1, -0.05) is 58.8 Å². The van der Waals surface area contributed by atoms with Crippen LogP contribution in [0.25, 0.3) is 0 Å². The summed E-state index contributed by atoms with van der Waals surface area (Å²) in [4.78, 5) is 10.7. The molecule has 15 heavy (non-hydrogen) atoms. The minimum absolute atomic E-state index is 0.207. The number of hydrogen-bond donors (Lipinski definition) is 0. The molecule has 0 fully saturated rings. The lowest BCUT2D eigenvalue weighted by atomic mass is 9.96. The molecular weight excluding hydrogens is 188 g/mol. The highest BCUT2D eigenvalue weighted by molar-refractivity contribution is 5.67. The van der Waals surface area contributed by atoms with Gasteiger partial charge >= 0.3 is 0 Å². The Morgan fingerprint density at radius 2 is 1.53 bits per heavy atom. The van der Waals surface area contributed by atoms with Gasteiger partial charge in [0.05, 0.1) is 0 Å². The number of rotatable bonds is 10. The van der Waals surface area contributed by atoms with Crippen LogP contribution in [0.15, 0.2) is 0 Å². The highest BCUT2D eigenvalue weighted by atomic mass is 16.4. The van der Waals surface area contributed by atoms with E-state index in [-0.39, 0.29) is 5.92 Å². The third-order valence-electron chi connectivity index (χ3n) is 2.88. The summed E-state index contributed by atoms with van der Waals surface area (Å²) >= 11 is 0. The summed E-state index contributed by atoms with van der Waals surface area (Å²) < 4.78 is 0. The van der Waals surface area contributed by atoms with Gasteiger partial charge in [-0.3, -0.25) is 0 Å². The molecule has 1 atom stereocenters. The number of carbonyl (C=O) groups is 1. The normalized spacial score (nSPS) is 12.7. The molecule has 0 aliphatic heterocycles. The predicted molar refractivity (Wildman–Crippen MR) is 61.4 cm³/mol. The number of unbranched alkanes of at least 4 members (excludes halogenated alkanes) is 5. The molecule has 0 aromatic heterocycles. The molecule has 2 heteroatoms. The van der Waals surface area contributed by atoms with E-state index in [2.05, 4.69) is 6.92 Å². The second-order valence-electron chi connectivity index (χ2n) is 4.36. The summed E-state index contributed by atoms with van der Waals surface area (Å²) in [5.74, 6) is -1.06. The molecule has 0 heterocycles. The zero-order chi connectivity index (χ0) is 11.5. The van der Waals surface area contributed by atoms with Crippen LogP contribution >= 0.6 is 0 Å². The second kappa shape index (κ2) is 10.0. The van der Waals surface area contributed by atoms with E-state index < -0.39 is 5.97 Å². The lowest BCUT2D eigenvalue weighted by Gasteiger charge is -2.16. The first-order valence-electron chi connectivity index (χ1n) is 6.43. The van der Waals surface area contributed by atoms with E-state index in [9.17, 15) is 9.90 Å². The summed E-state index contributed by atoms with van der Waals surface area (Å²) in [5, 5.41) is 10.7. The lowest BCUT2D eigenvalue weighted by molar-refractivity contribution is -0.312. The summed E-state index contributed by atoms with van der Waals surface area (Å²) in [6.45, 7) is 4.23. The fourth-order valence-corrected chi connectivity index (χ4v) is 1.90. The molecule has 0 radical (unpaired) electrons. The van der Waals surface area contributed by atoms with Crippen LogP contribution in [-0.2, 0) is 4.79 Å². The van der Waals surface area contributed by atoms with Crippen LogP contribution in [0.2, 0.25) is 0 Å². The van der Waals surface area contributed by atoms with Crippen LogP contribution < -0.4 is 5.11 Å². The zero-order valence-corrected chi connectivity index (χ0v) is 10.3. The third kappa shape index (κ3) is 8.46. The monoisotopic (exact) mass is 213 g/mol. The van der Waals surface area contributed by atoms with Crippen molar-refractivity contribution < 1.29 is 9.90 Å². The summed E-state index contributed by atoms with van der Waals surface area (Å²) in [5.41, 5.74) is 0. The van der Waals surface area contributed by atoms with Crippen LogP contribution in [0, 0.1) is 5.92 Å². The van der Waals surface area contributed by atoms with Gasteiger partial charge < -0.3 is 9.90 Å². The standard InChI is InChI=1S/C13H26O2/c1-3-5-6-7-8-9-11-12(10-4-2)13(14)15/h12H,3-11H2,1-2H3,(H,14,15)/p-1. The highest BCUT2D eigenvalue weighted by Gasteiger charge is 2.07. The van der Waals surface area contributed by atoms with E-state index in [4.69, 9.17) is 0 Å². The molecule has 0 N–H and O–H groups in total. The second-order valence-corrected chi connectivity index (χ2v) is 4.36. The molecule has 0 aromatic carbocycles. The molecule has 0 aliphatic rings. The highest BCUT2D eigenvalue weighted by Crippen LogP contribution is 2.16. The first-order valence-corrected chi connectivity index (χ1v) is 6.43. The molecule has 2 nitrogen and oxygen atoms in total. The quantitative estimate of drug-likeness (QED) is 0.523. The molecule has 0 aliphatic carbocycles. The fourth-order valence-electron chi connectivity index (χ4n) is 1.90. The van der Waals surface area contributed by atoms with E-state index in [1.165, 1.54) is 32.1 Å². The molecule has 0 spiro atoms. The van der Waals surface area contributed by atoms with Crippen molar-refractivity contribution in [3.8, 4) is 0 Å². The zero-order valence-electron chi connectivity index (χ0n) is 10.3. The molecule has 0 saturated heterocycles. The number of carboxylic acid groups (broad SMARTS) is 1. The van der Waals surface area contributed by atoms with Gasteiger partial charge in [0.25, 0.3) is 0 Å². The Morgan fingerprint density at radius 3 is 2.07 bits per heavy atom. The van der Waals surface area contributed by atoms with Crippen LogP contribution in [-0.4, -0.2) is 5.97 Å². The molecular formula is C13H25O2-. The maximum absolute atomic E-state index is 10.7. The summed E-state index contributed by atoms with van der Waals surface area (Å²) in [7, 11) is 0. The Balaban J connectivity index is 3.41. The van der Waals surface area contributed by atoms with Gasteiger partial charge in [0.15, 0.2) is 0 Å². The lowest BCUT2D eigenvalue weighted by Crippen LogP contribution is -2.31. The fraction of sp³-hybridized carbons (Fsp3) is 0.923. The Kier molecular flexibility index (Phi) is 9.65. The Bertz CT molecular complexity index is 155. The van der Waals surface area contributed by atoms with Crippen LogP contribution in [0.3, 0.4) is 0 Å². The van der Waals surface area contributed by atoms with Crippen molar-refractivity contribution in [2.75, 3.05) is 0 Å². The van der Waals surface area contributed by atoms with Crippen molar-refractivity contribution in [1.82, 2.24) is 0 Å². The van der Waals surface area contributed by atoms with Gasteiger partial charge in [-0.2, -0.15) is 0 Å². The topological polar surface area (TPSA) is 40.1 Å². The van der Waals surface area contributed by atoms with Crippen LogP contribution in [0.5, 0.6) is 0 Å². The average Bonchev–Trinajstić information content (AvgIpc) is 2.21. The molecule has 0 rings (SSSR count).